The van der Waals surface area contributed by atoms with Gasteiger partial charge >= 0.3 is 6.09 Å². The SMILES string of the molecule is CC(C)(C)OC(=O)N1CCN(CC2C3CCC2CN(c2cc(Cl)nnc2N)C3)CC1. The van der Waals surface area contributed by atoms with Crippen LogP contribution in [0.5, 0.6) is 0 Å². The van der Waals surface area contributed by atoms with Crippen LogP contribution in [0.4, 0.5) is 16.3 Å². The highest BCUT2D eigenvalue weighted by Crippen LogP contribution is 2.44. The van der Waals surface area contributed by atoms with Crippen molar-refractivity contribution in [1.82, 2.24) is 20.0 Å². The number of nitrogens with two attached hydrogens (primary N) is 1. The van der Waals surface area contributed by atoms with E-state index in [0.717, 1.165) is 51.5 Å². The number of piperidine rings is 1. The highest BCUT2D eigenvalue weighted by atomic mass is 35.5. The molecule has 2 atom stereocenters. The van der Waals surface area contributed by atoms with E-state index in [1.165, 1.54) is 12.8 Å². The van der Waals surface area contributed by atoms with Gasteiger partial charge in [0.25, 0.3) is 0 Å². The molecule has 1 aromatic rings. The van der Waals surface area contributed by atoms with Gasteiger partial charge in [0.2, 0.25) is 0 Å². The fourth-order valence-electron chi connectivity index (χ4n) is 5.19. The number of halogens is 1. The molecule has 1 aliphatic carbocycles. The molecule has 30 heavy (non-hydrogen) atoms. The zero-order chi connectivity index (χ0) is 21.5. The van der Waals surface area contributed by atoms with E-state index in [1.54, 1.807) is 0 Å². The molecule has 1 saturated carbocycles. The number of nitrogens with zero attached hydrogens (tertiary/aromatic N) is 5. The Kier molecular flexibility index (Phi) is 5.99. The molecule has 9 heteroatoms. The molecule has 2 unspecified atom stereocenters. The van der Waals surface area contributed by atoms with Crippen LogP contribution in [0.25, 0.3) is 0 Å². The number of amides is 1. The first-order valence-corrected chi connectivity index (χ1v) is 11.3. The number of hydrogen-bond donors (Lipinski definition) is 1. The number of hydrogen-bond acceptors (Lipinski definition) is 7. The van der Waals surface area contributed by atoms with Gasteiger partial charge in [-0.2, -0.15) is 0 Å². The van der Waals surface area contributed by atoms with E-state index in [-0.39, 0.29) is 6.09 Å². The molecule has 1 amide bonds. The predicted octanol–water partition coefficient (Wildman–Crippen LogP) is 2.73. The van der Waals surface area contributed by atoms with E-state index in [9.17, 15) is 4.79 Å². The fourth-order valence-corrected chi connectivity index (χ4v) is 5.33. The zero-order valence-electron chi connectivity index (χ0n) is 18.2. The highest BCUT2D eigenvalue weighted by molar-refractivity contribution is 6.29. The number of nitrogen functional groups attached to an aromatic ring is 1. The summed E-state index contributed by atoms with van der Waals surface area (Å²) in [5.74, 6) is 2.45. The largest absolute Gasteiger partial charge is 0.444 e. The third-order valence-corrected chi connectivity index (χ3v) is 6.82. The quantitative estimate of drug-likeness (QED) is 0.779. The number of fused-ring (bicyclic) bond motifs is 2. The van der Waals surface area contributed by atoms with Crippen molar-refractivity contribution in [1.29, 1.82) is 0 Å². The van der Waals surface area contributed by atoms with Crippen molar-refractivity contribution in [2.75, 3.05) is 56.4 Å². The van der Waals surface area contributed by atoms with Crippen LogP contribution >= 0.6 is 11.6 Å². The maximum absolute atomic E-state index is 12.3. The van der Waals surface area contributed by atoms with Crippen LogP contribution in [0, 0.1) is 17.8 Å². The first-order chi connectivity index (χ1) is 14.2. The molecule has 166 valence electrons. The molecule has 0 radical (unpaired) electrons. The lowest BCUT2D eigenvalue weighted by Gasteiger charge is -2.43. The van der Waals surface area contributed by atoms with Gasteiger partial charge in [0.15, 0.2) is 11.0 Å². The Morgan fingerprint density at radius 3 is 2.40 bits per heavy atom. The summed E-state index contributed by atoms with van der Waals surface area (Å²) in [6.45, 7) is 12.1. The lowest BCUT2D eigenvalue weighted by Crippen LogP contribution is -2.53. The average molecular weight is 437 g/mol. The van der Waals surface area contributed by atoms with Gasteiger partial charge in [0, 0.05) is 51.9 Å². The van der Waals surface area contributed by atoms with E-state index in [1.807, 2.05) is 31.7 Å². The molecule has 8 nitrogen and oxygen atoms in total. The molecular formula is C21H33ClN6O2. The summed E-state index contributed by atoms with van der Waals surface area (Å²) in [4.78, 5) is 19.0. The Morgan fingerprint density at radius 2 is 1.80 bits per heavy atom. The second-order valence-corrected chi connectivity index (χ2v) is 10.3. The summed E-state index contributed by atoms with van der Waals surface area (Å²) < 4.78 is 5.51. The molecular weight excluding hydrogens is 404 g/mol. The second-order valence-electron chi connectivity index (χ2n) is 9.87. The highest BCUT2D eigenvalue weighted by Gasteiger charge is 2.43. The van der Waals surface area contributed by atoms with E-state index in [4.69, 9.17) is 22.1 Å². The first kappa shape index (κ1) is 21.4. The van der Waals surface area contributed by atoms with Crippen LogP contribution < -0.4 is 10.6 Å². The lowest BCUT2D eigenvalue weighted by molar-refractivity contribution is 0.0117. The minimum atomic E-state index is -0.445. The number of aromatic nitrogens is 2. The molecule has 2 saturated heterocycles. The van der Waals surface area contributed by atoms with Gasteiger partial charge in [-0.05, 0) is 51.4 Å². The first-order valence-electron chi connectivity index (χ1n) is 10.9. The third-order valence-electron chi connectivity index (χ3n) is 6.63. The summed E-state index contributed by atoms with van der Waals surface area (Å²) in [5.41, 5.74) is 6.53. The summed E-state index contributed by atoms with van der Waals surface area (Å²) >= 11 is 6.05. The number of anilines is 2. The summed E-state index contributed by atoms with van der Waals surface area (Å²) in [5, 5.41) is 8.21. The van der Waals surface area contributed by atoms with Gasteiger partial charge < -0.3 is 20.3 Å². The van der Waals surface area contributed by atoms with E-state index < -0.39 is 5.60 Å². The van der Waals surface area contributed by atoms with Crippen LogP contribution in [0.2, 0.25) is 5.15 Å². The van der Waals surface area contributed by atoms with Crippen LogP contribution in [0.1, 0.15) is 33.6 Å². The third kappa shape index (κ3) is 4.75. The van der Waals surface area contributed by atoms with E-state index >= 15 is 0 Å². The van der Waals surface area contributed by atoms with Crippen LogP contribution in [0.3, 0.4) is 0 Å². The Bertz CT molecular complexity index is 763. The van der Waals surface area contributed by atoms with Gasteiger partial charge in [-0.15, -0.1) is 10.2 Å². The summed E-state index contributed by atoms with van der Waals surface area (Å²) in [6, 6.07) is 1.83. The van der Waals surface area contributed by atoms with Crippen molar-refractivity contribution in [2.45, 2.75) is 39.2 Å². The Hall–Kier alpha value is -1.80. The molecule has 2 N–H and O–H groups in total. The van der Waals surface area contributed by atoms with Gasteiger partial charge in [-0.3, -0.25) is 4.90 Å². The Balaban J connectivity index is 1.31. The Morgan fingerprint density at radius 1 is 1.17 bits per heavy atom. The van der Waals surface area contributed by atoms with E-state index in [2.05, 4.69) is 20.0 Å². The number of rotatable bonds is 3. The summed E-state index contributed by atoms with van der Waals surface area (Å²) in [7, 11) is 0. The Labute approximate surface area is 183 Å². The van der Waals surface area contributed by atoms with Crippen LogP contribution in [0.15, 0.2) is 6.07 Å². The van der Waals surface area contributed by atoms with E-state index in [0.29, 0.717) is 28.7 Å². The maximum atomic E-state index is 12.3. The van der Waals surface area contributed by atoms with Crippen LogP contribution in [-0.4, -0.2) is 77.5 Å². The molecule has 1 aromatic heterocycles. The van der Waals surface area contributed by atoms with Gasteiger partial charge in [0.1, 0.15) is 5.60 Å². The number of carbonyl (C=O) groups is 1. The molecule has 0 aromatic carbocycles. The topological polar surface area (TPSA) is 87.8 Å². The van der Waals surface area contributed by atoms with Gasteiger partial charge in [-0.1, -0.05) is 11.6 Å². The number of piperazine rings is 1. The molecule has 2 aliphatic heterocycles. The molecule has 3 heterocycles. The minimum Gasteiger partial charge on any atom is -0.444 e. The predicted molar refractivity (Wildman–Crippen MR) is 118 cm³/mol. The van der Waals surface area contributed by atoms with Crippen molar-refractivity contribution < 1.29 is 9.53 Å². The molecule has 2 bridgehead atoms. The smallest absolute Gasteiger partial charge is 0.410 e. The van der Waals surface area contributed by atoms with Crippen molar-refractivity contribution in [2.24, 2.45) is 17.8 Å². The fraction of sp³-hybridized carbons (Fsp3) is 0.762. The van der Waals surface area contributed by atoms with Gasteiger partial charge in [-0.25, -0.2) is 4.79 Å². The second kappa shape index (κ2) is 8.38. The minimum absolute atomic E-state index is 0.197. The normalized spacial score (nSPS) is 27.4. The monoisotopic (exact) mass is 436 g/mol. The molecule has 0 spiro atoms. The molecule has 3 aliphatic rings. The van der Waals surface area contributed by atoms with Gasteiger partial charge in [0.05, 0.1) is 5.69 Å². The average Bonchev–Trinajstić information content (AvgIpc) is 2.90. The summed E-state index contributed by atoms with van der Waals surface area (Å²) in [6.07, 6.45) is 2.32. The lowest BCUT2D eigenvalue weighted by atomic mass is 9.84. The van der Waals surface area contributed by atoms with Crippen molar-refractivity contribution in [3.63, 3.8) is 0 Å². The maximum Gasteiger partial charge on any atom is 0.410 e. The van der Waals surface area contributed by atoms with Crippen molar-refractivity contribution in [3.8, 4) is 0 Å². The molecule has 4 rings (SSSR count). The van der Waals surface area contributed by atoms with Crippen molar-refractivity contribution in [3.05, 3.63) is 11.2 Å². The molecule has 3 fully saturated rings. The number of carbonyl (C=O) groups excluding carboxylic acids is 1. The van der Waals surface area contributed by atoms with Crippen molar-refractivity contribution >= 4 is 29.2 Å². The number of ether oxygens (including phenoxy) is 1. The zero-order valence-corrected chi connectivity index (χ0v) is 18.9. The van der Waals surface area contributed by atoms with Crippen LogP contribution in [-0.2, 0) is 4.74 Å². The standard InChI is InChI=1S/C21H33ClN6O2/c1-21(2,3)30-20(29)27-8-6-26(7-9-27)13-16-14-4-5-15(16)12-28(11-14)17-10-18(22)24-25-19(17)23/h10,14-16H,4-9,11-13H2,1-3H3,(H2,23,25).